The van der Waals surface area contributed by atoms with Crippen molar-refractivity contribution in [1.82, 2.24) is 4.90 Å². The van der Waals surface area contributed by atoms with Crippen LogP contribution in [-0.4, -0.2) is 42.8 Å². The van der Waals surface area contributed by atoms with E-state index < -0.39 is 0 Å². The zero-order chi connectivity index (χ0) is 12.4. The summed E-state index contributed by atoms with van der Waals surface area (Å²) in [5, 5.41) is 0. The maximum Gasteiger partial charge on any atom is 0.0731 e. The summed E-state index contributed by atoms with van der Waals surface area (Å²) in [5.41, 5.74) is 6.05. The molecule has 1 aliphatic heterocycles. The van der Waals surface area contributed by atoms with Crippen LogP contribution in [0.3, 0.4) is 0 Å². The van der Waals surface area contributed by atoms with Gasteiger partial charge >= 0.3 is 0 Å². The summed E-state index contributed by atoms with van der Waals surface area (Å²) in [5.74, 6) is 0.729. The number of rotatable bonds is 2. The largest absolute Gasteiger partial charge is 0.375 e. The molecule has 4 unspecified atom stereocenters. The molecule has 2 aliphatic carbocycles. The van der Waals surface area contributed by atoms with Crippen LogP contribution in [0.1, 0.15) is 51.4 Å². The molecule has 3 nitrogen and oxygen atoms in total. The van der Waals surface area contributed by atoms with Crippen molar-refractivity contribution in [3.63, 3.8) is 0 Å². The summed E-state index contributed by atoms with van der Waals surface area (Å²) in [7, 11) is 0. The van der Waals surface area contributed by atoms with Gasteiger partial charge in [0.1, 0.15) is 0 Å². The lowest BCUT2D eigenvalue weighted by atomic mass is 9.91. The van der Waals surface area contributed by atoms with Crippen LogP contribution >= 0.6 is 0 Å². The predicted molar refractivity (Wildman–Crippen MR) is 73.5 cm³/mol. The van der Waals surface area contributed by atoms with Crippen LogP contribution in [0.2, 0.25) is 0 Å². The van der Waals surface area contributed by atoms with E-state index in [2.05, 4.69) is 4.90 Å². The normalized spacial score (nSPS) is 42.5. The standard InChI is InChI=1S/C15H28N2O/c16-11-12-5-2-1-3-6-13(12)17-9-10-18-15-8-4-7-14(15)17/h12-15H,1-11,16H2. The number of fused-ring (bicyclic) bond motifs is 1. The summed E-state index contributed by atoms with van der Waals surface area (Å²) >= 11 is 0. The van der Waals surface area contributed by atoms with Gasteiger partial charge in [0.25, 0.3) is 0 Å². The molecule has 1 heterocycles. The van der Waals surface area contributed by atoms with Crippen molar-refractivity contribution in [2.75, 3.05) is 19.7 Å². The number of nitrogens with two attached hydrogens (primary N) is 1. The molecule has 18 heavy (non-hydrogen) atoms. The SMILES string of the molecule is NCC1CCCCCC1N1CCOC2CCCC21. The highest BCUT2D eigenvalue weighted by atomic mass is 16.5. The smallest absolute Gasteiger partial charge is 0.0731 e. The Hall–Kier alpha value is -0.120. The average molecular weight is 252 g/mol. The Morgan fingerprint density at radius 1 is 0.944 bits per heavy atom. The topological polar surface area (TPSA) is 38.5 Å². The van der Waals surface area contributed by atoms with Gasteiger partial charge in [0.2, 0.25) is 0 Å². The average Bonchev–Trinajstić information content (AvgIpc) is 2.76. The fourth-order valence-corrected chi connectivity index (χ4v) is 4.44. The molecule has 0 spiro atoms. The first-order valence-electron chi connectivity index (χ1n) is 7.97. The Bertz CT molecular complexity index is 271. The minimum atomic E-state index is 0.528. The molecule has 104 valence electrons. The molecule has 0 aromatic carbocycles. The third kappa shape index (κ3) is 2.45. The van der Waals surface area contributed by atoms with Crippen molar-refractivity contribution in [2.45, 2.75) is 69.6 Å². The van der Waals surface area contributed by atoms with Gasteiger partial charge in [-0.25, -0.2) is 0 Å². The molecule has 2 N–H and O–H groups in total. The van der Waals surface area contributed by atoms with Crippen LogP contribution in [0.25, 0.3) is 0 Å². The summed E-state index contributed by atoms with van der Waals surface area (Å²) in [6.45, 7) is 2.96. The first kappa shape index (κ1) is 12.9. The first-order chi connectivity index (χ1) is 8.90. The zero-order valence-corrected chi connectivity index (χ0v) is 11.5. The van der Waals surface area contributed by atoms with Crippen molar-refractivity contribution in [1.29, 1.82) is 0 Å². The van der Waals surface area contributed by atoms with Gasteiger partial charge in [0, 0.05) is 18.6 Å². The highest BCUT2D eigenvalue weighted by molar-refractivity contribution is 4.94. The van der Waals surface area contributed by atoms with Crippen molar-refractivity contribution in [3.8, 4) is 0 Å². The predicted octanol–water partition coefficient (Wildman–Crippen LogP) is 2.15. The molecule has 0 amide bonds. The van der Waals surface area contributed by atoms with Crippen LogP contribution in [-0.2, 0) is 4.74 Å². The molecule has 2 saturated carbocycles. The fourth-order valence-electron chi connectivity index (χ4n) is 4.44. The number of hydrogen-bond acceptors (Lipinski definition) is 3. The number of ether oxygens (including phenoxy) is 1. The van der Waals surface area contributed by atoms with Gasteiger partial charge in [0.15, 0.2) is 0 Å². The summed E-state index contributed by atoms with van der Waals surface area (Å²) in [6, 6.07) is 1.45. The van der Waals surface area contributed by atoms with E-state index in [4.69, 9.17) is 10.5 Å². The van der Waals surface area contributed by atoms with E-state index in [9.17, 15) is 0 Å². The highest BCUT2D eigenvalue weighted by Crippen LogP contribution is 2.35. The lowest BCUT2D eigenvalue weighted by Crippen LogP contribution is -2.55. The maximum atomic E-state index is 6.05. The second-order valence-corrected chi connectivity index (χ2v) is 6.35. The molecular weight excluding hydrogens is 224 g/mol. The minimum Gasteiger partial charge on any atom is -0.375 e. The highest BCUT2D eigenvalue weighted by Gasteiger charge is 2.41. The van der Waals surface area contributed by atoms with Crippen LogP contribution in [0.15, 0.2) is 0 Å². The van der Waals surface area contributed by atoms with E-state index in [-0.39, 0.29) is 0 Å². The minimum absolute atomic E-state index is 0.528. The van der Waals surface area contributed by atoms with E-state index in [0.717, 1.165) is 31.7 Å². The molecular formula is C15H28N2O. The van der Waals surface area contributed by atoms with Crippen LogP contribution in [0.4, 0.5) is 0 Å². The molecule has 1 saturated heterocycles. The molecule has 3 rings (SSSR count). The van der Waals surface area contributed by atoms with Crippen molar-refractivity contribution in [2.24, 2.45) is 11.7 Å². The van der Waals surface area contributed by atoms with Crippen LogP contribution < -0.4 is 5.73 Å². The van der Waals surface area contributed by atoms with Gasteiger partial charge in [-0.2, -0.15) is 0 Å². The summed E-state index contributed by atoms with van der Waals surface area (Å²) in [4.78, 5) is 2.80. The fraction of sp³-hybridized carbons (Fsp3) is 1.00. The van der Waals surface area contributed by atoms with E-state index >= 15 is 0 Å². The van der Waals surface area contributed by atoms with Gasteiger partial charge in [-0.3, -0.25) is 4.90 Å². The summed E-state index contributed by atoms with van der Waals surface area (Å²) in [6.07, 6.45) is 11.4. The third-order valence-electron chi connectivity index (χ3n) is 5.37. The zero-order valence-electron chi connectivity index (χ0n) is 11.5. The third-order valence-corrected chi connectivity index (χ3v) is 5.37. The van der Waals surface area contributed by atoms with E-state index in [1.165, 1.54) is 51.4 Å². The first-order valence-corrected chi connectivity index (χ1v) is 7.97. The van der Waals surface area contributed by atoms with E-state index in [0.29, 0.717) is 12.1 Å². The monoisotopic (exact) mass is 252 g/mol. The molecule has 3 fully saturated rings. The van der Waals surface area contributed by atoms with Gasteiger partial charge < -0.3 is 10.5 Å². The number of hydrogen-bond donors (Lipinski definition) is 1. The Balaban J connectivity index is 1.73. The molecule has 3 heteroatoms. The van der Waals surface area contributed by atoms with Gasteiger partial charge in [-0.05, 0) is 44.6 Å². The van der Waals surface area contributed by atoms with Crippen molar-refractivity contribution in [3.05, 3.63) is 0 Å². The lowest BCUT2D eigenvalue weighted by molar-refractivity contribution is -0.0810. The Kier molecular flexibility index (Phi) is 4.22. The van der Waals surface area contributed by atoms with Crippen molar-refractivity contribution >= 4 is 0 Å². The van der Waals surface area contributed by atoms with Gasteiger partial charge in [-0.1, -0.05) is 19.3 Å². The second-order valence-electron chi connectivity index (χ2n) is 6.35. The van der Waals surface area contributed by atoms with Gasteiger partial charge in [-0.15, -0.1) is 0 Å². The lowest BCUT2D eigenvalue weighted by Gasteiger charge is -2.45. The molecule has 0 bridgehead atoms. The number of nitrogens with zero attached hydrogens (tertiary/aromatic N) is 1. The van der Waals surface area contributed by atoms with E-state index in [1.54, 1.807) is 0 Å². The summed E-state index contributed by atoms with van der Waals surface area (Å²) < 4.78 is 5.95. The quantitative estimate of drug-likeness (QED) is 0.765. The number of morpholine rings is 1. The molecule has 0 aromatic rings. The molecule has 4 atom stereocenters. The second kappa shape index (κ2) is 5.89. The molecule has 0 radical (unpaired) electrons. The Labute approximate surface area is 111 Å². The Morgan fingerprint density at radius 2 is 1.78 bits per heavy atom. The Morgan fingerprint density at radius 3 is 2.67 bits per heavy atom. The van der Waals surface area contributed by atoms with Crippen LogP contribution in [0, 0.1) is 5.92 Å². The molecule has 0 aromatic heterocycles. The van der Waals surface area contributed by atoms with Crippen LogP contribution in [0.5, 0.6) is 0 Å². The van der Waals surface area contributed by atoms with Crippen molar-refractivity contribution < 1.29 is 4.74 Å². The maximum absolute atomic E-state index is 6.05. The van der Waals surface area contributed by atoms with E-state index in [1.807, 2.05) is 0 Å². The molecule has 3 aliphatic rings. The van der Waals surface area contributed by atoms with Gasteiger partial charge in [0.05, 0.1) is 12.7 Å².